The summed E-state index contributed by atoms with van der Waals surface area (Å²) in [5.74, 6) is -3.58. The summed E-state index contributed by atoms with van der Waals surface area (Å²) >= 11 is 1.78. The van der Waals surface area contributed by atoms with E-state index in [1.165, 1.54) is 11.0 Å². The molecule has 0 atom stereocenters. The standard InChI is InChI=1S/C14H13F2IN2O4/c1-23-14(22)7-6-19(4-5-20)13(21)11(7)18-12-9(17)3-2-8(15)10(12)16/h2-3,18,20H,4-6H2,1H3. The second kappa shape index (κ2) is 7.21. The number of amides is 1. The lowest BCUT2D eigenvalue weighted by Crippen LogP contribution is -2.31. The van der Waals surface area contributed by atoms with Crippen molar-refractivity contribution in [3.05, 3.63) is 38.6 Å². The first-order chi connectivity index (χ1) is 10.9. The van der Waals surface area contributed by atoms with Gasteiger partial charge in [0.05, 0.1) is 31.5 Å². The molecule has 0 radical (unpaired) electrons. The molecule has 0 aliphatic carbocycles. The highest BCUT2D eigenvalue weighted by molar-refractivity contribution is 14.1. The van der Waals surface area contributed by atoms with Gasteiger partial charge in [-0.2, -0.15) is 0 Å². The van der Waals surface area contributed by atoms with Gasteiger partial charge >= 0.3 is 5.97 Å². The van der Waals surface area contributed by atoms with E-state index in [2.05, 4.69) is 10.1 Å². The van der Waals surface area contributed by atoms with Crippen molar-refractivity contribution in [2.75, 3.05) is 32.1 Å². The predicted molar refractivity (Wildman–Crippen MR) is 85.4 cm³/mol. The van der Waals surface area contributed by atoms with Crippen molar-refractivity contribution < 1.29 is 28.2 Å². The minimum absolute atomic E-state index is 0.00718. The van der Waals surface area contributed by atoms with Crippen LogP contribution < -0.4 is 5.32 Å². The molecule has 2 rings (SSSR count). The van der Waals surface area contributed by atoms with Crippen LogP contribution in [0.15, 0.2) is 23.4 Å². The molecule has 1 aromatic rings. The lowest BCUT2D eigenvalue weighted by atomic mass is 10.2. The summed E-state index contributed by atoms with van der Waals surface area (Å²) in [6, 6.07) is 2.30. The fraction of sp³-hybridized carbons (Fsp3) is 0.286. The molecule has 2 N–H and O–H groups in total. The Bertz CT molecular complexity index is 694. The van der Waals surface area contributed by atoms with Gasteiger partial charge in [-0.1, -0.05) is 0 Å². The van der Waals surface area contributed by atoms with Gasteiger partial charge in [-0.25, -0.2) is 13.6 Å². The average Bonchev–Trinajstić information content (AvgIpc) is 2.84. The van der Waals surface area contributed by atoms with Gasteiger partial charge in [0.15, 0.2) is 11.6 Å². The number of nitrogens with zero attached hydrogens (tertiary/aromatic N) is 1. The van der Waals surface area contributed by atoms with Crippen LogP contribution in [0.4, 0.5) is 14.5 Å². The van der Waals surface area contributed by atoms with Gasteiger partial charge in [-0.15, -0.1) is 0 Å². The number of methoxy groups -OCH3 is 1. The fourth-order valence-corrected chi connectivity index (χ4v) is 2.67. The van der Waals surface area contributed by atoms with Crippen molar-refractivity contribution in [3.63, 3.8) is 0 Å². The number of carbonyl (C=O) groups is 2. The molecule has 0 aromatic heterocycles. The number of anilines is 1. The van der Waals surface area contributed by atoms with Crippen LogP contribution in [0, 0.1) is 15.2 Å². The molecule has 0 saturated carbocycles. The molecule has 6 nitrogen and oxygen atoms in total. The Balaban J connectivity index is 2.43. The summed E-state index contributed by atoms with van der Waals surface area (Å²) in [6.07, 6.45) is 0. The molecule has 23 heavy (non-hydrogen) atoms. The first-order valence-electron chi connectivity index (χ1n) is 6.52. The van der Waals surface area contributed by atoms with Crippen molar-refractivity contribution >= 4 is 40.2 Å². The number of aliphatic hydroxyl groups is 1. The zero-order valence-electron chi connectivity index (χ0n) is 12.0. The smallest absolute Gasteiger partial charge is 0.337 e. The van der Waals surface area contributed by atoms with Crippen molar-refractivity contribution in [3.8, 4) is 0 Å². The maximum Gasteiger partial charge on any atom is 0.337 e. The van der Waals surface area contributed by atoms with Gasteiger partial charge in [0.2, 0.25) is 0 Å². The van der Waals surface area contributed by atoms with Crippen molar-refractivity contribution in [2.24, 2.45) is 0 Å². The largest absolute Gasteiger partial charge is 0.466 e. The number of β-amino-alcohol motifs (C(OH)–C–C–N with tert-alkyl or cyclic N) is 1. The number of carbonyl (C=O) groups excluding carboxylic acids is 2. The van der Waals surface area contributed by atoms with E-state index in [0.717, 1.165) is 13.2 Å². The monoisotopic (exact) mass is 438 g/mol. The van der Waals surface area contributed by atoms with E-state index in [9.17, 15) is 18.4 Å². The Hall–Kier alpha value is -1.75. The lowest BCUT2D eigenvalue weighted by Gasteiger charge is -2.15. The maximum atomic E-state index is 14.0. The van der Waals surface area contributed by atoms with Crippen LogP contribution in [0.1, 0.15) is 0 Å². The summed E-state index contributed by atoms with van der Waals surface area (Å²) in [5, 5.41) is 11.5. The van der Waals surface area contributed by atoms with E-state index < -0.39 is 23.5 Å². The molecule has 0 unspecified atom stereocenters. The molecule has 0 saturated heterocycles. The summed E-state index contributed by atoms with van der Waals surface area (Å²) in [4.78, 5) is 25.3. The Labute approximate surface area is 144 Å². The summed E-state index contributed by atoms with van der Waals surface area (Å²) in [7, 11) is 1.15. The van der Waals surface area contributed by atoms with Crippen molar-refractivity contribution in [1.82, 2.24) is 4.90 Å². The second-order valence-corrected chi connectivity index (χ2v) is 5.80. The van der Waals surface area contributed by atoms with Gasteiger partial charge in [-0.05, 0) is 34.7 Å². The quantitative estimate of drug-likeness (QED) is 0.411. The Kier molecular flexibility index (Phi) is 5.52. The highest BCUT2D eigenvalue weighted by Crippen LogP contribution is 2.29. The van der Waals surface area contributed by atoms with Gasteiger partial charge in [0.1, 0.15) is 5.70 Å². The van der Waals surface area contributed by atoms with E-state index in [1.807, 2.05) is 0 Å². The van der Waals surface area contributed by atoms with E-state index in [0.29, 0.717) is 3.57 Å². The van der Waals surface area contributed by atoms with Crippen molar-refractivity contribution in [2.45, 2.75) is 0 Å². The van der Waals surface area contributed by atoms with Crippen LogP contribution in [-0.4, -0.2) is 48.7 Å². The number of hydrogen-bond acceptors (Lipinski definition) is 5. The zero-order valence-corrected chi connectivity index (χ0v) is 14.2. The van der Waals surface area contributed by atoms with Gasteiger partial charge < -0.3 is 20.1 Å². The van der Waals surface area contributed by atoms with Crippen LogP contribution in [-0.2, 0) is 14.3 Å². The highest BCUT2D eigenvalue weighted by atomic mass is 127. The number of halogens is 3. The summed E-state index contributed by atoms with van der Waals surface area (Å²) in [5.41, 5.74) is -0.431. The third kappa shape index (κ3) is 3.44. The molecule has 1 aliphatic rings. The van der Waals surface area contributed by atoms with E-state index in [1.54, 1.807) is 22.6 Å². The number of ether oxygens (including phenoxy) is 1. The number of nitrogens with one attached hydrogen (secondary N) is 1. The lowest BCUT2D eigenvalue weighted by molar-refractivity contribution is -0.136. The Morgan fingerprint density at radius 2 is 2.17 bits per heavy atom. The number of esters is 1. The summed E-state index contributed by atoms with van der Waals surface area (Å²) < 4.78 is 32.3. The topological polar surface area (TPSA) is 78.9 Å². The summed E-state index contributed by atoms with van der Waals surface area (Å²) in [6.45, 7) is -0.367. The number of rotatable bonds is 5. The minimum atomic E-state index is -1.15. The first-order valence-corrected chi connectivity index (χ1v) is 7.60. The number of aliphatic hydroxyl groups excluding tert-OH is 1. The Morgan fingerprint density at radius 3 is 2.78 bits per heavy atom. The molecule has 1 aliphatic heterocycles. The number of hydrogen-bond donors (Lipinski definition) is 2. The molecule has 0 bridgehead atoms. The van der Waals surface area contributed by atoms with E-state index in [-0.39, 0.29) is 36.7 Å². The minimum Gasteiger partial charge on any atom is -0.466 e. The third-order valence-corrected chi connectivity index (χ3v) is 4.15. The molecule has 124 valence electrons. The van der Waals surface area contributed by atoms with Crippen LogP contribution >= 0.6 is 22.6 Å². The molecule has 0 fully saturated rings. The molecule has 1 heterocycles. The van der Waals surface area contributed by atoms with E-state index in [4.69, 9.17) is 5.11 Å². The zero-order chi connectivity index (χ0) is 17.1. The van der Waals surface area contributed by atoms with E-state index >= 15 is 0 Å². The molecular weight excluding hydrogens is 425 g/mol. The van der Waals surface area contributed by atoms with Crippen LogP contribution in [0.3, 0.4) is 0 Å². The normalized spacial score (nSPS) is 14.5. The molecule has 1 aromatic carbocycles. The van der Waals surface area contributed by atoms with Crippen molar-refractivity contribution in [1.29, 1.82) is 0 Å². The third-order valence-electron chi connectivity index (χ3n) is 3.25. The first kappa shape index (κ1) is 17.6. The molecule has 0 spiro atoms. The van der Waals surface area contributed by atoms with Crippen LogP contribution in [0.25, 0.3) is 0 Å². The average molecular weight is 438 g/mol. The van der Waals surface area contributed by atoms with Gasteiger partial charge in [-0.3, -0.25) is 4.79 Å². The molecular formula is C14H13F2IN2O4. The Morgan fingerprint density at radius 1 is 1.48 bits per heavy atom. The van der Waals surface area contributed by atoms with Crippen LogP contribution in [0.5, 0.6) is 0 Å². The SMILES string of the molecule is COC(=O)C1=C(Nc2c(I)ccc(F)c2F)C(=O)N(CCO)C1. The van der Waals surface area contributed by atoms with Gasteiger partial charge in [0.25, 0.3) is 5.91 Å². The van der Waals surface area contributed by atoms with Crippen LogP contribution in [0.2, 0.25) is 0 Å². The number of benzene rings is 1. The second-order valence-electron chi connectivity index (χ2n) is 4.64. The highest BCUT2D eigenvalue weighted by Gasteiger charge is 2.35. The fourth-order valence-electron chi connectivity index (χ4n) is 2.12. The molecule has 1 amide bonds. The van der Waals surface area contributed by atoms with Gasteiger partial charge in [0, 0.05) is 10.1 Å². The maximum absolute atomic E-state index is 14.0. The molecule has 9 heteroatoms. The predicted octanol–water partition coefficient (Wildman–Crippen LogP) is 1.24.